The molecular formula is C22H27ClN4O4S. The summed E-state index contributed by atoms with van der Waals surface area (Å²) >= 11 is 7.66. The zero-order valence-electron chi connectivity index (χ0n) is 18.2. The minimum atomic E-state index is -1.15. The van der Waals surface area contributed by atoms with Gasteiger partial charge >= 0.3 is 0 Å². The number of nitrogens with one attached hydrogen (secondary N) is 2. The number of benzene rings is 1. The van der Waals surface area contributed by atoms with Crippen LogP contribution >= 0.6 is 23.4 Å². The molecule has 32 heavy (non-hydrogen) atoms. The lowest BCUT2D eigenvalue weighted by Crippen LogP contribution is -2.43. The fourth-order valence-corrected chi connectivity index (χ4v) is 4.81. The summed E-state index contributed by atoms with van der Waals surface area (Å²) in [6.45, 7) is 4.65. The van der Waals surface area contributed by atoms with Crippen molar-refractivity contribution >= 4 is 41.0 Å². The predicted molar refractivity (Wildman–Crippen MR) is 124 cm³/mol. The SMILES string of the molecule is CC(C)(Oc1ccc(Cl)cc1)C(=O)Nc1c2c(nn1CC(=O)NCC1CCCO1)CSC2. The zero-order valence-corrected chi connectivity index (χ0v) is 19.7. The minimum Gasteiger partial charge on any atom is -0.478 e. The molecule has 0 bridgehead atoms. The minimum absolute atomic E-state index is 0.0263. The summed E-state index contributed by atoms with van der Waals surface area (Å²) in [5, 5.41) is 11.0. The van der Waals surface area contributed by atoms with Gasteiger partial charge in [-0.1, -0.05) is 11.6 Å². The van der Waals surface area contributed by atoms with E-state index >= 15 is 0 Å². The summed E-state index contributed by atoms with van der Waals surface area (Å²) in [5.74, 6) is 2.09. The standard InChI is InChI=1S/C22H27ClN4O4S/c1-22(2,31-15-7-5-14(23)6-8-15)21(29)25-20-17-12-32-13-18(17)26-27(20)11-19(28)24-10-16-4-3-9-30-16/h5-8,16H,3-4,9-13H2,1-2H3,(H,24,28)(H,25,29). The largest absolute Gasteiger partial charge is 0.478 e. The third-order valence-corrected chi connectivity index (χ3v) is 6.65. The molecule has 8 nitrogen and oxygen atoms in total. The topological polar surface area (TPSA) is 94.5 Å². The number of fused-ring (bicyclic) bond motifs is 1. The Morgan fingerprint density at radius 1 is 1.31 bits per heavy atom. The number of carbonyl (C=O) groups excluding carboxylic acids is 2. The Hall–Kier alpha value is -2.23. The predicted octanol–water partition coefficient (Wildman–Crippen LogP) is 3.37. The van der Waals surface area contributed by atoms with Gasteiger partial charge in [-0.05, 0) is 51.0 Å². The summed E-state index contributed by atoms with van der Waals surface area (Å²) in [6, 6.07) is 6.85. The number of halogens is 1. The summed E-state index contributed by atoms with van der Waals surface area (Å²) < 4.78 is 13.0. The van der Waals surface area contributed by atoms with Crippen LogP contribution < -0.4 is 15.4 Å². The molecule has 1 aromatic heterocycles. The molecule has 1 atom stereocenters. The van der Waals surface area contributed by atoms with Crippen LogP contribution in [0.15, 0.2) is 24.3 Å². The number of aromatic nitrogens is 2. The van der Waals surface area contributed by atoms with Crippen molar-refractivity contribution in [3.63, 3.8) is 0 Å². The van der Waals surface area contributed by atoms with Crippen molar-refractivity contribution in [3.05, 3.63) is 40.5 Å². The van der Waals surface area contributed by atoms with Gasteiger partial charge in [0.05, 0.1) is 11.8 Å². The van der Waals surface area contributed by atoms with Gasteiger partial charge in [0.2, 0.25) is 5.91 Å². The van der Waals surface area contributed by atoms with Crippen LogP contribution in [0.25, 0.3) is 0 Å². The fraction of sp³-hybridized carbons (Fsp3) is 0.500. The van der Waals surface area contributed by atoms with Crippen molar-refractivity contribution in [2.75, 3.05) is 18.5 Å². The van der Waals surface area contributed by atoms with E-state index in [2.05, 4.69) is 15.7 Å². The molecule has 0 saturated carbocycles. The molecule has 2 aromatic rings. The summed E-state index contributed by atoms with van der Waals surface area (Å²) in [7, 11) is 0. The molecule has 0 aliphatic carbocycles. The third kappa shape index (κ3) is 5.39. The molecular weight excluding hydrogens is 452 g/mol. The molecule has 2 aliphatic rings. The van der Waals surface area contributed by atoms with E-state index in [-0.39, 0.29) is 24.5 Å². The van der Waals surface area contributed by atoms with E-state index in [4.69, 9.17) is 21.1 Å². The van der Waals surface area contributed by atoms with Crippen LogP contribution in [0.4, 0.5) is 5.82 Å². The first-order valence-corrected chi connectivity index (χ1v) is 12.2. The number of ether oxygens (including phenoxy) is 2. The number of thioether (sulfide) groups is 1. The van der Waals surface area contributed by atoms with Crippen LogP contribution in [-0.4, -0.2) is 46.5 Å². The van der Waals surface area contributed by atoms with E-state index in [1.807, 2.05) is 0 Å². The Labute approximate surface area is 196 Å². The summed E-state index contributed by atoms with van der Waals surface area (Å²) in [5.41, 5.74) is 0.704. The van der Waals surface area contributed by atoms with Gasteiger partial charge in [0.15, 0.2) is 5.60 Å². The van der Waals surface area contributed by atoms with E-state index in [9.17, 15) is 9.59 Å². The highest BCUT2D eigenvalue weighted by Gasteiger charge is 2.33. The van der Waals surface area contributed by atoms with Crippen LogP contribution in [0.3, 0.4) is 0 Å². The van der Waals surface area contributed by atoms with E-state index in [0.29, 0.717) is 23.1 Å². The van der Waals surface area contributed by atoms with Gasteiger partial charge in [0.25, 0.3) is 5.91 Å². The first-order valence-electron chi connectivity index (χ1n) is 10.6. The highest BCUT2D eigenvalue weighted by molar-refractivity contribution is 7.98. The highest BCUT2D eigenvalue weighted by atomic mass is 35.5. The monoisotopic (exact) mass is 478 g/mol. The number of rotatable bonds is 8. The average Bonchev–Trinajstić information content (AvgIpc) is 3.48. The molecule has 2 N–H and O–H groups in total. The van der Waals surface area contributed by atoms with Gasteiger partial charge in [-0.3, -0.25) is 9.59 Å². The first kappa shape index (κ1) is 22.9. The maximum atomic E-state index is 13.1. The second kappa shape index (κ2) is 9.72. The second-order valence-corrected chi connectivity index (χ2v) is 9.81. The van der Waals surface area contributed by atoms with E-state index in [1.165, 1.54) is 0 Å². The van der Waals surface area contributed by atoms with Crippen molar-refractivity contribution in [2.45, 2.75) is 56.4 Å². The van der Waals surface area contributed by atoms with Crippen molar-refractivity contribution in [1.82, 2.24) is 15.1 Å². The van der Waals surface area contributed by atoms with E-state index in [1.54, 1.807) is 54.6 Å². The van der Waals surface area contributed by atoms with Crippen LogP contribution in [0.2, 0.25) is 5.02 Å². The lowest BCUT2D eigenvalue weighted by molar-refractivity contribution is -0.128. The van der Waals surface area contributed by atoms with Gasteiger partial charge < -0.3 is 20.1 Å². The number of nitrogens with zero attached hydrogens (tertiary/aromatic N) is 2. The van der Waals surface area contributed by atoms with Gasteiger partial charge in [-0.2, -0.15) is 16.9 Å². The van der Waals surface area contributed by atoms with E-state index < -0.39 is 5.60 Å². The number of amides is 2. The number of hydrogen-bond donors (Lipinski definition) is 2. The van der Waals surface area contributed by atoms with Crippen LogP contribution in [0.1, 0.15) is 37.9 Å². The number of hydrogen-bond acceptors (Lipinski definition) is 6. The Balaban J connectivity index is 1.44. The smallest absolute Gasteiger partial charge is 0.269 e. The van der Waals surface area contributed by atoms with Crippen molar-refractivity contribution < 1.29 is 19.1 Å². The maximum Gasteiger partial charge on any atom is 0.269 e. The first-order chi connectivity index (χ1) is 15.3. The molecule has 10 heteroatoms. The Morgan fingerprint density at radius 3 is 2.81 bits per heavy atom. The summed E-state index contributed by atoms with van der Waals surface area (Å²) in [6.07, 6.45) is 2.05. The fourth-order valence-electron chi connectivity index (χ4n) is 3.65. The van der Waals surface area contributed by atoms with Gasteiger partial charge in [0, 0.05) is 35.2 Å². The zero-order chi connectivity index (χ0) is 22.7. The second-order valence-electron chi connectivity index (χ2n) is 8.38. The van der Waals surface area contributed by atoms with Crippen LogP contribution in [-0.2, 0) is 32.4 Å². The molecule has 3 heterocycles. The lowest BCUT2D eigenvalue weighted by atomic mass is 10.1. The maximum absolute atomic E-state index is 13.1. The molecule has 1 saturated heterocycles. The molecule has 172 valence electrons. The van der Waals surface area contributed by atoms with Gasteiger partial charge in [-0.25, -0.2) is 4.68 Å². The number of carbonyl (C=O) groups is 2. The van der Waals surface area contributed by atoms with Crippen LogP contribution in [0.5, 0.6) is 5.75 Å². The van der Waals surface area contributed by atoms with Crippen LogP contribution in [0, 0.1) is 0 Å². The highest BCUT2D eigenvalue weighted by Crippen LogP contribution is 2.35. The molecule has 0 spiro atoms. The van der Waals surface area contributed by atoms with Gasteiger partial charge in [-0.15, -0.1) is 0 Å². The van der Waals surface area contributed by atoms with Crippen molar-refractivity contribution in [2.24, 2.45) is 0 Å². The third-order valence-electron chi connectivity index (χ3n) is 5.43. The summed E-state index contributed by atoms with van der Waals surface area (Å²) in [4.78, 5) is 25.6. The van der Waals surface area contributed by atoms with Crippen molar-refractivity contribution in [3.8, 4) is 5.75 Å². The van der Waals surface area contributed by atoms with E-state index in [0.717, 1.165) is 42.2 Å². The molecule has 2 aliphatic heterocycles. The molecule has 1 fully saturated rings. The molecule has 1 unspecified atom stereocenters. The Bertz CT molecular complexity index is 987. The van der Waals surface area contributed by atoms with Crippen molar-refractivity contribution in [1.29, 1.82) is 0 Å². The van der Waals surface area contributed by atoms with Gasteiger partial charge in [0.1, 0.15) is 18.1 Å². The Kier molecular flexibility index (Phi) is 6.97. The number of anilines is 1. The molecule has 0 radical (unpaired) electrons. The normalized spacial score (nSPS) is 17.8. The Morgan fingerprint density at radius 2 is 2.09 bits per heavy atom. The molecule has 1 aromatic carbocycles. The molecule has 2 amide bonds. The quantitative estimate of drug-likeness (QED) is 0.604. The molecule has 4 rings (SSSR count). The lowest BCUT2D eigenvalue weighted by Gasteiger charge is -2.25. The average molecular weight is 479 g/mol.